The molecule has 0 aliphatic carbocycles. The van der Waals surface area contributed by atoms with E-state index in [-0.39, 0.29) is 17.7 Å². The number of hydrogen-bond donors (Lipinski definition) is 3. The summed E-state index contributed by atoms with van der Waals surface area (Å²) in [4.78, 5) is 18.7. The molecule has 1 aliphatic heterocycles. The second-order valence-electron chi connectivity index (χ2n) is 6.73. The number of carbonyl (C=O) groups is 1. The third kappa shape index (κ3) is 4.31. The first-order valence-electron chi connectivity index (χ1n) is 8.86. The SMILES string of the molecule is Cc1ccc2c(c1)C(=O)Nc1cccc(n1)C(=N)N(C=N)CC(C)CCO2. The smallest absolute Gasteiger partial charge is 0.260 e. The molecule has 2 heterocycles. The molecule has 140 valence electrons. The summed E-state index contributed by atoms with van der Waals surface area (Å²) >= 11 is 0. The number of amidine groups is 1. The summed E-state index contributed by atoms with van der Waals surface area (Å²) in [6, 6.07) is 10.6. The van der Waals surface area contributed by atoms with Crippen LogP contribution in [-0.4, -0.2) is 41.1 Å². The van der Waals surface area contributed by atoms with Crippen molar-refractivity contribution in [2.45, 2.75) is 20.3 Å². The molecular formula is C20H23N5O2. The fourth-order valence-electron chi connectivity index (χ4n) is 2.92. The third-order valence-corrected chi connectivity index (χ3v) is 4.43. The molecule has 0 fully saturated rings. The van der Waals surface area contributed by atoms with Crippen molar-refractivity contribution in [1.82, 2.24) is 9.88 Å². The van der Waals surface area contributed by atoms with Crippen LogP contribution in [0.5, 0.6) is 5.75 Å². The standard InChI is InChI=1S/C20H23N5O2/c1-13-6-7-17-15(10-13)20(26)24-18-5-3-4-16(23-18)19(22)25(12-21)11-14(2)8-9-27-17/h3-7,10,12,14,21-22H,8-9,11H2,1-2H3,(H,23,24,26). The number of nitrogens with one attached hydrogen (secondary N) is 3. The highest BCUT2D eigenvalue weighted by atomic mass is 16.5. The van der Waals surface area contributed by atoms with Gasteiger partial charge < -0.3 is 15.0 Å². The predicted molar refractivity (Wildman–Crippen MR) is 105 cm³/mol. The molecule has 0 saturated heterocycles. The number of anilines is 1. The van der Waals surface area contributed by atoms with Crippen molar-refractivity contribution in [3.8, 4) is 5.75 Å². The van der Waals surface area contributed by atoms with Crippen molar-refractivity contribution < 1.29 is 9.53 Å². The number of fused-ring (bicyclic) bond motifs is 3. The zero-order valence-corrected chi connectivity index (χ0v) is 15.5. The van der Waals surface area contributed by atoms with E-state index in [1.807, 2.05) is 26.0 Å². The third-order valence-electron chi connectivity index (χ3n) is 4.43. The number of hydrogen-bond acceptors (Lipinski definition) is 5. The van der Waals surface area contributed by atoms with Crippen LogP contribution >= 0.6 is 0 Å². The Kier molecular flexibility index (Phi) is 5.49. The highest BCUT2D eigenvalue weighted by Gasteiger charge is 2.19. The van der Waals surface area contributed by atoms with Gasteiger partial charge in [-0.25, -0.2) is 4.98 Å². The summed E-state index contributed by atoms with van der Waals surface area (Å²) in [6.45, 7) is 4.94. The van der Waals surface area contributed by atoms with Crippen molar-refractivity contribution in [1.29, 1.82) is 10.8 Å². The Bertz CT molecular complexity index is 880. The van der Waals surface area contributed by atoms with Gasteiger partial charge in [-0.15, -0.1) is 0 Å². The lowest BCUT2D eigenvalue weighted by molar-refractivity contribution is 0.102. The van der Waals surface area contributed by atoms with Crippen LogP contribution in [0.2, 0.25) is 0 Å². The molecule has 27 heavy (non-hydrogen) atoms. The van der Waals surface area contributed by atoms with Crippen LogP contribution < -0.4 is 10.1 Å². The first kappa shape index (κ1) is 18.6. The van der Waals surface area contributed by atoms with Gasteiger partial charge in [-0.2, -0.15) is 0 Å². The monoisotopic (exact) mass is 365 g/mol. The number of aromatic nitrogens is 1. The average Bonchev–Trinajstić information content (AvgIpc) is 2.66. The van der Waals surface area contributed by atoms with Crippen molar-refractivity contribution in [3.05, 3.63) is 53.2 Å². The van der Waals surface area contributed by atoms with E-state index < -0.39 is 0 Å². The van der Waals surface area contributed by atoms with E-state index in [0.29, 0.717) is 36.0 Å². The zero-order chi connectivity index (χ0) is 19.4. The molecule has 3 N–H and O–H groups in total. The van der Waals surface area contributed by atoms with Crippen LogP contribution in [0.15, 0.2) is 36.4 Å². The molecule has 2 aromatic rings. The summed E-state index contributed by atoms with van der Waals surface area (Å²) in [6.07, 6.45) is 1.87. The van der Waals surface area contributed by atoms with E-state index in [1.165, 1.54) is 0 Å². The van der Waals surface area contributed by atoms with E-state index in [0.717, 1.165) is 18.3 Å². The van der Waals surface area contributed by atoms with Crippen molar-refractivity contribution in [3.63, 3.8) is 0 Å². The van der Waals surface area contributed by atoms with Crippen LogP contribution in [0.4, 0.5) is 5.82 Å². The molecule has 0 spiro atoms. The summed E-state index contributed by atoms with van der Waals surface area (Å²) in [5.74, 6) is 0.904. The second-order valence-corrected chi connectivity index (χ2v) is 6.73. The lowest BCUT2D eigenvalue weighted by Gasteiger charge is -2.24. The fourth-order valence-corrected chi connectivity index (χ4v) is 2.92. The lowest BCUT2D eigenvalue weighted by atomic mass is 10.1. The van der Waals surface area contributed by atoms with Crippen molar-refractivity contribution in [2.75, 3.05) is 18.5 Å². The van der Waals surface area contributed by atoms with Gasteiger partial charge in [0.15, 0.2) is 5.84 Å². The number of benzene rings is 1. The van der Waals surface area contributed by atoms with Gasteiger partial charge in [0.05, 0.1) is 18.5 Å². The zero-order valence-electron chi connectivity index (χ0n) is 15.5. The molecule has 0 saturated carbocycles. The molecule has 1 atom stereocenters. The van der Waals surface area contributed by atoms with Gasteiger partial charge in [-0.1, -0.05) is 24.6 Å². The van der Waals surface area contributed by atoms with Crippen LogP contribution in [0, 0.1) is 23.7 Å². The first-order valence-corrected chi connectivity index (χ1v) is 8.86. The van der Waals surface area contributed by atoms with Crippen molar-refractivity contribution in [2.24, 2.45) is 5.92 Å². The molecular weight excluding hydrogens is 342 g/mol. The molecule has 1 aliphatic rings. The Balaban J connectivity index is 2.01. The Morgan fingerprint density at radius 1 is 1.33 bits per heavy atom. The van der Waals surface area contributed by atoms with Crippen molar-refractivity contribution >= 4 is 23.9 Å². The van der Waals surface area contributed by atoms with Gasteiger partial charge in [0, 0.05) is 6.54 Å². The minimum absolute atomic E-state index is 0.127. The highest BCUT2D eigenvalue weighted by molar-refractivity contribution is 6.06. The number of rotatable bonds is 1. The molecule has 1 amide bonds. The summed E-state index contributed by atoms with van der Waals surface area (Å²) in [7, 11) is 0. The molecule has 7 nitrogen and oxygen atoms in total. The average molecular weight is 365 g/mol. The van der Waals surface area contributed by atoms with Crippen LogP contribution in [0.3, 0.4) is 0 Å². The number of nitrogens with zero attached hydrogens (tertiary/aromatic N) is 2. The normalized spacial score (nSPS) is 18.0. The number of aryl methyl sites for hydroxylation is 1. The maximum absolute atomic E-state index is 12.8. The van der Waals surface area contributed by atoms with E-state index >= 15 is 0 Å². The predicted octanol–water partition coefficient (Wildman–Crippen LogP) is 3.30. The second kappa shape index (κ2) is 7.99. The largest absolute Gasteiger partial charge is 0.493 e. The Morgan fingerprint density at radius 2 is 2.15 bits per heavy atom. The van der Waals surface area contributed by atoms with E-state index in [1.54, 1.807) is 29.2 Å². The van der Waals surface area contributed by atoms with E-state index in [2.05, 4.69) is 10.3 Å². The minimum atomic E-state index is -0.307. The molecule has 1 aromatic carbocycles. The summed E-state index contributed by atoms with van der Waals surface area (Å²) < 4.78 is 5.87. The Hall–Kier alpha value is -3.22. The highest BCUT2D eigenvalue weighted by Crippen LogP contribution is 2.23. The van der Waals surface area contributed by atoms with E-state index in [9.17, 15) is 4.79 Å². The molecule has 3 rings (SSSR count). The lowest BCUT2D eigenvalue weighted by Crippen LogP contribution is -2.34. The minimum Gasteiger partial charge on any atom is -0.493 e. The van der Waals surface area contributed by atoms with Gasteiger partial charge in [0.1, 0.15) is 17.3 Å². The first-order chi connectivity index (χ1) is 13.0. The maximum atomic E-state index is 12.8. The van der Waals surface area contributed by atoms with Crippen LogP contribution in [0.25, 0.3) is 0 Å². The molecule has 1 unspecified atom stereocenters. The van der Waals surface area contributed by atoms with Crippen LogP contribution in [0.1, 0.15) is 35.0 Å². The Labute approximate surface area is 158 Å². The quantitative estimate of drug-likeness (QED) is 0.533. The molecule has 2 bridgehead atoms. The molecule has 1 aromatic heterocycles. The summed E-state index contributed by atoms with van der Waals surface area (Å²) in [5.41, 5.74) is 1.83. The number of pyridine rings is 1. The topological polar surface area (TPSA) is 102 Å². The van der Waals surface area contributed by atoms with Gasteiger partial charge in [-0.3, -0.25) is 15.6 Å². The van der Waals surface area contributed by atoms with Gasteiger partial charge in [0.25, 0.3) is 5.91 Å². The fraction of sp³-hybridized carbons (Fsp3) is 0.300. The number of ether oxygens (including phenoxy) is 1. The van der Waals surface area contributed by atoms with Crippen LogP contribution in [-0.2, 0) is 0 Å². The van der Waals surface area contributed by atoms with Gasteiger partial charge in [0.2, 0.25) is 0 Å². The van der Waals surface area contributed by atoms with Gasteiger partial charge in [-0.05, 0) is 43.5 Å². The van der Waals surface area contributed by atoms with E-state index in [4.69, 9.17) is 15.6 Å². The van der Waals surface area contributed by atoms with Gasteiger partial charge >= 0.3 is 0 Å². The number of carbonyl (C=O) groups excluding carboxylic acids is 1. The Morgan fingerprint density at radius 3 is 2.93 bits per heavy atom. The molecule has 7 heteroatoms. The number of amides is 1. The summed E-state index contributed by atoms with van der Waals surface area (Å²) in [5, 5.41) is 18.8. The maximum Gasteiger partial charge on any atom is 0.260 e. The molecule has 0 radical (unpaired) electrons.